The second-order valence-corrected chi connectivity index (χ2v) is 10.7. The zero-order valence-corrected chi connectivity index (χ0v) is 21.8. The highest BCUT2D eigenvalue weighted by Gasteiger charge is 2.31. The van der Waals surface area contributed by atoms with Crippen LogP contribution in [0.1, 0.15) is 43.0 Å². The third-order valence-electron chi connectivity index (χ3n) is 7.16. The van der Waals surface area contributed by atoms with Crippen LogP contribution in [0.25, 0.3) is 10.9 Å². The van der Waals surface area contributed by atoms with Crippen LogP contribution >= 0.6 is 11.8 Å². The van der Waals surface area contributed by atoms with E-state index in [1.807, 2.05) is 36.4 Å². The highest BCUT2D eigenvalue weighted by Crippen LogP contribution is 2.36. The number of ether oxygens (including phenoxy) is 1. The van der Waals surface area contributed by atoms with E-state index >= 15 is 4.39 Å². The van der Waals surface area contributed by atoms with Crippen LogP contribution in [0.2, 0.25) is 0 Å². The molecule has 3 aromatic rings. The van der Waals surface area contributed by atoms with Gasteiger partial charge in [-0.2, -0.15) is 5.26 Å². The van der Waals surface area contributed by atoms with Gasteiger partial charge in [0.2, 0.25) is 0 Å². The lowest BCUT2D eigenvalue weighted by atomic mass is 9.79. The predicted octanol–water partition coefficient (Wildman–Crippen LogP) is 6.11. The van der Waals surface area contributed by atoms with E-state index in [1.165, 1.54) is 0 Å². The molecule has 1 aromatic heterocycles. The van der Waals surface area contributed by atoms with Crippen molar-refractivity contribution in [2.24, 2.45) is 11.8 Å². The second kappa shape index (κ2) is 12.9. The highest BCUT2D eigenvalue weighted by molar-refractivity contribution is 7.99. The maximum atomic E-state index is 15.5. The maximum Gasteiger partial charge on any atom is 0.303 e. The largest absolute Gasteiger partial charge is 0.497 e. The Labute approximate surface area is 221 Å². The van der Waals surface area contributed by atoms with Crippen LogP contribution in [0.15, 0.2) is 59.6 Å². The predicted molar refractivity (Wildman–Crippen MR) is 144 cm³/mol. The van der Waals surface area contributed by atoms with Crippen molar-refractivity contribution in [3.63, 3.8) is 0 Å². The van der Waals surface area contributed by atoms with Gasteiger partial charge in [0.25, 0.3) is 0 Å². The van der Waals surface area contributed by atoms with Crippen LogP contribution < -0.4 is 4.74 Å². The van der Waals surface area contributed by atoms with Gasteiger partial charge in [0.1, 0.15) is 11.9 Å². The standard InChI is InChI=1S/C29H32FN3O3S/c1-36-23-6-8-28-26(17-23)25(9-11-32-28)27(30)7-5-21-10-12-33(19-22(21)16-29(34)35)13-14-37-24-4-2-3-20(15-24)18-31/h2-4,6,8-9,11,15,17,21-22,27H,5,7,10,12-14,16,19H2,1H3,(H,34,35)/t21-,22+,27?/m1/s1. The number of aromatic nitrogens is 1. The molecule has 6 nitrogen and oxygen atoms in total. The van der Waals surface area contributed by atoms with E-state index in [0.29, 0.717) is 36.3 Å². The monoisotopic (exact) mass is 521 g/mol. The quantitative estimate of drug-likeness (QED) is 0.305. The number of alkyl halides is 1. The summed E-state index contributed by atoms with van der Waals surface area (Å²) in [5.74, 6) is 0.903. The average molecular weight is 522 g/mol. The summed E-state index contributed by atoms with van der Waals surface area (Å²) in [6.07, 6.45) is 2.45. The van der Waals surface area contributed by atoms with Crippen molar-refractivity contribution in [3.8, 4) is 11.8 Å². The number of piperidine rings is 1. The molecule has 1 unspecified atom stereocenters. The molecule has 0 aliphatic carbocycles. The Balaban J connectivity index is 1.34. The summed E-state index contributed by atoms with van der Waals surface area (Å²) in [5.41, 5.74) is 1.99. The number of hydrogen-bond acceptors (Lipinski definition) is 6. The Hall–Kier alpha value is -3.15. The van der Waals surface area contributed by atoms with Gasteiger partial charge in [-0.15, -0.1) is 11.8 Å². The molecule has 0 radical (unpaired) electrons. The van der Waals surface area contributed by atoms with Gasteiger partial charge in [-0.1, -0.05) is 6.07 Å². The number of aliphatic carboxylic acids is 1. The van der Waals surface area contributed by atoms with Crippen molar-refractivity contribution in [3.05, 3.63) is 65.9 Å². The zero-order chi connectivity index (χ0) is 26.2. The fourth-order valence-electron chi connectivity index (χ4n) is 5.21. The zero-order valence-electron chi connectivity index (χ0n) is 21.0. The van der Waals surface area contributed by atoms with Crippen LogP contribution in [0, 0.1) is 23.2 Å². The molecule has 0 spiro atoms. The Bertz CT molecular complexity index is 1260. The number of hydrogen-bond donors (Lipinski definition) is 1. The highest BCUT2D eigenvalue weighted by atomic mass is 32.2. The van der Waals surface area contributed by atoms with Crippen LogP contribution in [0.5, 0.6) is 5.75 Å². The van der Waals surface area contributed by atoms with Gasteiger partial charge in [-0.25, -0.2) is 4.39 Å². The van der Waals surface area contributed by atoms with Gasteiger partial charge < -0.3 is 14.7 Å². The Morgan fingerprint density at radius 3 is 2.95 bits per heavy atom. The molecule has 2 aromatic carbocycles. The van der Waals surface area contributed by atoms with E-state index in [-0.39, 0.29) is 18.3 Å². The number of fused-ring (bicyclic) bond motifs is 1. The number of nitrogens with zero attached hydrogens (tertiary/aromatic N) is 3. The molecular weight excluding hydrogens is 489 g/mol. The molecule has 37 heavy (non-hydrogen) atoms. The summed E-state index contributed by atoms with van der Waals surface area (Å²) >= 11 is 1.70. The smallest absolute Gasteiger partial charge is 0.303 e. The molecule has 0 amide bonds. The molecule has 0 saturated carbocycles. The van der Waals surface area contributed by atoms with Crippen molar-refractivity contribution < 1.29 is 19.0 Å². The lowest BCUT2D eigenvalue weighted by molar-refractivity contribution is -0.139. The number of carboxylic acid groups (broad SMARTS) is 1. The summed E-state index contributed by atoms with van der Waals surface area (Å²) in [6.45, 7) is 2.44. The number of benzene rings is 2. The maximum absolute atomic E-state index is 15.5. The summed E-state index contributed by atoms with van der Waals surface area (Å²) in [4.78, 5) is 19.3. The van der Waals surface area contributed by atoms with Crippen molar-refractivity contribution in [1.82, 2.24) is 9.88 Å². The molecule has 8 heteroatoms. The summed E-state index contributed by atoms with van der Waals surface area (Å²) in [5, 5.41) is 19.4. The van der Waals surface area contributed by atoms with E-state index in [9.17, 15) is 9.90 Å². The molecule has 3 atom stereocenters. The SMILES string of the molecule is COc1ccc2nccc(C(F)CC[C@@H]3CCN(CCSc4cccc(C#N)c4)C[C@@H]3CC(=O)O)c2c1. The summed E-state index contributed by atoms with van der Waals surface area (Å²) in [6, 6.07) is 16.9. The molecule has 4 rings (SSSR count). The van der Waals surface area contributed by atoms with E-state index in [0.717, 1.165) is 41.1 Å². The molecule has 1 saturated heterocycles. The number of thioether (sulfide) groups is 1. The lowest BCUT2D eigenvalue weighted by Crippen LogP contribution is -2.42. The van der Waals surface area contributed by atoms with Gasteiger partial charge in [0, 0.05) is 41.7 Å². The Morgan fingerprint density at radius 1 is 1.30 bits per heavy atom. The minimum atomic E-state index is -1.15. The normalized spacial score (nSPS) is 18.8. The van der Waals surface area contributed by atoms with Crippen LogP contribution in [0.3, 0.4) is 0 Å². The molecule has 0 bridgehead atoms. The number of likely N-dealkylation sites (tertiary alicyclic amines) is 1. The number of methoxy groups -OCH3 is 1. The molecule has 2 heterocycles. The van der Waals surface area contributed by atoms with Gasteiger partial charge in [-0.05, 0) is 85.7 Å². The molecular formula is C29H32FN3O3S. The molecule has 1 fully saturated rings. The Kier molecular flexibility index (Phi) is 9.37. The second-order valence-electron chi connectivity index (χ2n) is 9.52. The van der Waals surface area contributed by atoms with E-state index in [1.54, 1.807) is 37.2 Å². The first-order valence-corrected chi connectivity index (χ1v) is 13.6. The minimum absolute atomic E-state index is 0.000329. The van der Waals surface area contributed by atoms with Gasteiger partial charge in [-0.3, -0.25) is 9.78 Å². The van der Waals surface area contributed by atoms with Crippen LogP contribution in [0.4, 0.5) is 4.39 Å². The van der Waals surface area contributed by atoms with Crippen LogP contribution in [-0.4, -0.2) is 53.5 Å². The number of carboxylic acids is 1. The topological polar surface area (TPSA) is 86.5 Å². The van der Waals surface area contributed by atoms with E-state index in [4.69, 9.17) is 10.00 Å². The van der Waals surface area contributed by atoms with Gasteiger partial charge in [0.05, 0.1) is 24.3 Å². The number of halogens is 1. The van der Waals surface area contributed by atoms with Crippen molar-refractivity contribution >= 4 is 28.6 Å². The first kappa shape index (κ1) is 26.9. The number of pyridine rings is 1. The minimum Gasteiger partial charge on any atom is -0.497 e. The summed E-state index contributed by atoms with van der Waals surface area (Å²) in [7, 11) is 1.59. The third-order valence-corrected chi connectivity index (χ3v) is 8.14. The lowest BCUT2D eigenvalue weighted by Gasteiger charge is -2.38. The number of nitriles is 1. The third kappa shape index (κ3) is 7.21. The first-order valence-electron chi connectivity index (χ1n) is 12.6. The summed E-state index contributed by atoms with van der Waals surface area (Å²) < 4.78 is 20.8. The van der Waals surface area contributed by atoms with E-state index in [2.05, 4.69) is 16.0 Å². The molecule has 194 valence electrons. The fraction of sp³-hybridized carbons (Fsp3) is 0.414. The first-order chi connectivity index (χ1) is 18.0. The van der Waals surface area contributed by atoms with Crippen molar-refractivity contribution in [1.29, 1.82) is 5.26 Å². The Morgan fingerprint density at radius 2 is 2.16 bits per heavy atom. The number of rotatable bonds is 11. The molecule has 1 aliphatic rings. The van der Waals surface area contributed by atoms with Gasteiger partial charge >= 0.3 is 5.97 Å². The molecule has 1 N–H and O–H groups in total. The van der Waals surface area contributed by atoms with Crippen LogP contribution in [-0.2, 0) is 4.79 Å². The van der Waals surface area contributed by atoms with Gasteiger partial charge in [0.15, 0.2) is 0 Å². The van der Waals surface area contributed by atoms with Crippen molar-refractivity contribution in [2.75, 3.05) is 32.5 Å². The van der Waals surface area contributed by atoms with E-state index < -0.39 is 12.1 Å². The fourth-order valence-corrected chi connectivity index (χ4v) is 6.18. The average Bonchev–Trinajstić information content (AvgIpc) is 2.91. The van der Waals surface area contributed by atoms with Crippen molar-refractivity contribution in [2.45, 2.75) is 36.8 Å². The molecule has 1 aliphatic heterocycles. The number of carbonyl (C=O) groups is 1.